The number of amides is 1. The average Bonchev–Trinajstić information content (AvgIpc) is 2.63. The molecule has 2 heterocycles. The molecule has 1 amide bonds. The lowest BCUT2D eigenvalue weighted by Crippen LogP contribution is -2.09. The highest BCUT2D eigenvalue weighted by atomic mass is 32.2. The fourth-order valence-electron chi connectivity index (χ4n) is 0.936. The molecule has 0 aromatic carbocycles. The Balaban J connectivity index is 2.27. The second-order valence-electron chi connectivity index (χ2n) is 2.38. The van der Waals surface area contributed by atoms with Crippen LogP contribution in [0.5, 0.6) is 0 Å². The van der Waals surface area contributed by atoms with Gasteiger partial charge in [0.05, 0.1) is 5.70 Å². The van der Waals surface area contributed by atoms with Crippen molar-refractivity contribution in [2.75, 3.05) is 0 Å². The summed E-state index contributed by atoms with van der Waals surface area (Å²) >= 11 is 2.22. The second-order valence-corrected chi connectivity index (χ2v) is 4.30. The summed E-state index contributed by atoms with van der Waals surface area (Å²) in [5.74, 6) is 0. The van der Waals surface area contributed by atoms with Crippen LogP contribution in [0.1, 0.15) is 4.88 Å². The van der Waals surface area contributed by atoms with Crippen LogP contribution in [-0.2, 0) is 4.79 Å². The van der Waals surface area contributed by atoms with Gasteiger partial charge in [-0.25, -0.2) is 0 Å². The Morgan fingerprint density at radius 3 is 2.77 bits per heavy atom. The SMILES string of the molecule is O=C1NC(=Cc2cccs2)C(=O)S1. The van der Waals surface area contributed by atoms with Gasteiger partial charge < -0.3 is 5.32 Å². The van der Waals surface area contributed by atoms with Crippen LogP contribution in [0.2, 0.25) is 0 Å². The van der Waals surface area contributed by atoms with Gasteiger partial charge in [0.25, 0.3) is 5.24 Å². The van der Waals surface area contributed by atoms with Gasteiger partial charge in [-0.2, -0.15) is 0 Å². The highest BCUT2D eigenvalue weighted by Gasteiger charge is 2.25. The van der Waals surface area contributed by atoms with Crippen LogP contribution < -0.4 is 5.32 Å². The molecule has 1 aromatic rings. The highest BCUT2D eigenvalue weighted by molar-refractivity contribution is 8.27. The second kappa shape index (κ2) is 3.35. The van der Waals surface area contributed by atoms with Crippen LogP contribution in [0.4, 0.5) is 4.79 Å². The molecule has 1 aliphatic heterocycles. The molecule has 1 aliphatic rings. The summed E-state index contributed by atoms with van der Waals surface area (Å²) in [6.07, 6.45) is 1.69. The number of rotatable bonds is 1. The number of hydrogen-bond donors (Lipinski definition) is 1. The van der Waals surface area contributed by atoms with E-state index in [1.54, 1.807) is 6.08 Å². The summed E-state index contributed by atoms with van der Waals surface area (Å²) < 4.78 is 0. The van der Waals surface area contributed by atoms with E-state index in [-0.39, 0.29) is 10.4 Å². The third-order valence-corrected chi connectivity index (χ3v) is 2.98. The summed E-state index contributed by atoms with van der Waals surface area (Å²) in [6.45, 7) is 0. The number of nitrogens with one attached hydrogen (secondary N) is 1. The molecule has 0 spiro atoms. The maximum absolute atomic E-state index is 11.1. The number of thiophene rings is 1. The van der Waals surface area contributed by atoms with Crippen LogP contribution in [-0.4, -0.2) is 10.4 Å². The molecule has 0 bridgehead atoms. The molecule has 3 nitrogen and oxygen atoms in total. The first-order chi connectivity index (χ1) is 6.25. The van der Waals surface area contributed by atoms with E-state index in [4.69, 9.17) is 0 Å². The minimum absolute atomic E-state index is 0.210. The van der Waals surface area contributed by atoms with Gasteiger partial charge in [0.2, 0.25) is 5.12 Å². The van der Waals surface area contributed by atoms with Crippen molar-refractivity contribution in [3.8, 4) is 0 Å². The Labute approximate surface area is 82.8 Å². The van der Waals surface area contributed by atoms with Gasteiger partial charge in [0.1, 0.15) is 0 Å². The first kappa shape index (κ1) is 8.52. The van der Waals surface area contributed by atoms with E-state index in [0.717, 1.165) is 4.88 Å². The van der Waals surface area contributed by atoms with E-state index in [0.29, 0.717) is 17.5 Å². The Kier molecular flexibility index (Phi) is 2.20. The Morgan fingerprint density at radius 2 is 2.23 bits per heavy atom. The van der Waals surface area contributed by atoms with Gasteiger partial charge >= 0.3 is 0 Å². The molecule has 0 aliphatic carbocycles. The van der Waals surface area contributed by atoms with Crippen molar-refractivity contribution < 1.29 is 9.59 Å². The van der Waals surface area contributed by atoms with E-state index in [1.807, 2.05) is 17.5 Å². The van der Waals surface area contributed by atoms with E-state index in [1.165, 1.54) is 11.3 Å². The molecule has 2 rings (SSSR count). The predicted octanol–water partition coefficient (Wildman–Crippen LogP) is 2.07. The zero-order valence-corrected chi connectivity index (χ0v) is 8.08. The molecule has 5 heteroatoms. The van der Waals surface area contributed by atoms with Crippen LogP contribution in [0, 0.1) is 0 Å². The topological polar surface area (TPSA) is 46.2 Å². The van der Waals surface area contributed by atoms with Gasteiger partial charge in [0.15, 0.2) is 0 Å². The monoisotopic (exact) mass is 211 g/mol. The van der Waals surface area contributed by atoms with Crippen LogP contribution in [0.25, 0.3) is 6.08 Å². The number of hydrogen-bond acceptors (Lipinski definition) is 4. The Morgan fingerprint density at radius 1 is 1.38 bits per heavy atom. The fourth-order valence-corrected chi connectivity index (χ4v) is 2.14. The zero-order valence-electron chi connectivity index (χ0n) is 6.44. The first-order valence-electron chi connectivity index (χ1n) is 3.54. The summed E-state index contributed by atoms with van der Waals surface area (Å²) in [5.41, 5.74) is 0.373. The average molecular weight is 211 g/mol. The Hall–Kier alpha value is -1.07. The van der Waals surface area contributed by atoms with Crippen molar-refractivity contribution in [2.24, 2.45) is 0 Å². The highest BCUT2D eigenvalue weighted by Crippen LogP contribution is 2.21. The van der Waals surface area contributed by atoms with Gasteiger partial charge in [0, 0.05) is 16.6 Å². The van der Waals surface area contributed by atoms with Crippen molar-refractivity contribution in [3.05, 3.63) is 28.1 Å². The molecule has 1 saturated heterocycles. The van der Waals surface area contributed by atoms with Crippen molar-refractivity contribution in [2.45, 2.75) is 0 Å². The van der Waals surface area contributed by atoms with Gasteiger partial charge in [-0.05, 0) is 17.5 Å². The summed E-state index contributed by atoms with van der Waals surface area (Å²) in [5, 5.41) is 3.89. The molecule has 0 unspecified atom stereocenters. The molecule has 13 heavy (non-hydrogen) atoms. The van der Waals surface area contributed by atoms with E-state index >= 15 is 0 Å². The van der Waals surface area contributed by atoms with Crippen molar-refractivity contribution in [1.82, 2.24) is 5.32 Å². The quantitative estimate of drug-likeness (QED) is 0.723. The lowest BCUT2D eigenvalue weighted by molar-refractivity contribution is -0.107. The maximum atomic E-state index is 11.1. The maximum Gasteiger partial charge on any atom is 0.291 e. The predicted molar refractivity (Wildman–Crippen MR) is 53.4 cm³/mol. The summed E-state index contributed by atoms with van der Waals surface area (Å²) in [4.78, 5) is 22.9. The minimum Gasteiger partial charge on any atom is -0.313 e. The van der Waals surface area contributed by atoms with E-state index in [9.17, 15) is 9.59 Å². The van der Waals surface area contributed by atoms with Crippen molar-refractivity contribution in [3.63, 3.8) is 0 Å². The largest absolute Gasteiger partial charge is 0.313 e. The van der Waals surface area contributed by atoms with Crippen molar-refractivity contribution >= 4 is 39.5 Å². The first-order valence-corrected chi connectivity index (χ1v) is 5.24. The normalized spacial score (nSPS) is 19.5. The third kappa shape index (κ3) is 1.81. The van der Waals surface area contributed by atoms with Crippen LogP contribution in [0.3, 0.4) is 0 Å². The zero-order chi connectivity index (χ0) is 9.26. The molecule has 66 valence electrons. The van der Waals surface area contributed by atoms with E-state index < -0.39 is 0 Å². The Bertz CT molecular complexity index is 381. The number of carbonyl (C=O) groups excluding carboxylic acids is 2. The standard InChI is InChI=1S/C8H5NO2S2/c10-7-6(9-8(11)13-7)4-5-2-1-3-12-5/h1-4H,(H,9,11). The van der Waals surface area contributed by atoms with Gasteiger partial charge in [-0.15, -0.1) is 11.3 Å². The lowest BCUT2D eigenvalue weighted by atomic mass is 10.3. The summed E-state index contributed by atoms with van der Waals surface area (Å²) in [7, 11) is 0. The molecular formula is C8H5NO2S2. The lowest BCUT2D eigenvalue weighted by Gasteiger charge is -1.90. The van der Waals surface area contributed by atoms with Crippen LogP contribution in [0.15, 0.2) is 23.2 Å². The number of carbonyl (C=O) groups is 2. The van der Waals surface area contributed by atoms with E-state index in [2.05, 4.69) is 5.32 Å². The molecule has 0 radical (unpaired) electrons. The van der Waals surface area contributed by atoms with Crippen LogP contribution >= 0.6 is 23.1 Å². The van der Waals surface area contributed by atoms with Gasteiger partial charge in [-0.1, -0.05) is 6.07 Å². The molecule has 1 aromatic heterocycles. The minimum atomic E-state index is -0.298. The molecule has 0 saturated carbocycles. The molecule has 0 atom stereocenters. The molecule has 1 N–H and O–H groups in total. The summed E-state index contributed by atoms with van der Waals surface area (Å²) in [6, 6.07) is 3.78. The third-order valence-electron chi connectivity index (χ3n) is 1.47. The molecule has 1 fully saturated rings. The fraction of sp³-hybridized carbons (Fsp3) is 0. The number of thioether (sulfide) groups is 1. The smallest absolute Gasteiger partial charge is 0.291 e. The van der Waals surface area contributed by atoms with Gasteiger partial charge in [-0.3, -0.25) is 9.59 Å². The van der Waals surface area contributed by atoms with Crippen molar-refractivity contribution in [1.29, 1.82) is 0 Å². The molecular weight excluding hydrogens is 206 g/mol.